The van der Waals surface area contributed by atoms with Gasteiger partial charge in [-0.1, -0.05) is 0 Å². The highest BCUT2D eigenvalue weighted by atomic mass is 19.4. The van der Waals surface area contributed by atoms with Gasteiger partial charge >= 0.3 is 18.4 Å². The molecule has 6 nitrogen and oxygen atoms in total. The van der Waals surface area contributed by atoms with Crippen LogP contribution < -0.4 is 0 Å². The van der Waals surface area contributed by atoms with Gasteiger partial charge in [-0.05, 0) is 42.9 Å². The topological polar surface area (TPSA) is 58.6 Å². The number of amides is 1. The number of ether oxygens (including phenoxy) is 1. The van der Waals surface area contributed by atoms with E-state index >= 15 is 0 Å². The molecule has 1 aromatic rings. The van der Waals surface area contributed by atoms with Gasteiger partial charge in [0.25, 0.3) is 6.10 Å². The molecule has 0 atom stereocenters. The molecule has 0 aliphatic carbocycles. The Morgan fingerprint density at radius 3 is 2.24 bits per heavy atom. The molecule has 3 rings (SSSR count). The van der Waals surface area contributed by atoms with E-state index in [1.807, 2.05) is 6.07 Å². The average molecular weight is 426 g/mol. The van der Waals surface area contributed by atoms with E-state index in [9.17, 15) is 31.1 Å². The fourth-order valence-corrected chi connectivity index (χ4v) is 3.90. The Balaban J connectivity index is 1.53. The molecular formula is C17H20F6N4O2. The molecule has 0 saturated carbocycles. The van der Waals surface area contributed by atoms with Crippen LogP contribution in [0.3, 0.4) is 0 Å². The summed E-state index contributed by atoms with van der Waals surface area (Å²) in [5.74, 6) is 0. The minimum atomic E-state index is -5.71. The van der Waals surface area contributed by atoms with Crippen LogP contribution in [0.15, 0.2) is 18.5 Å². The Morgan fingerprint density at radius 2 is 1.69 bits per heavy atom. The molecule has 2 fully saturated rings. The summed E-state index contributed by atoms with van der Waals surface area (Å²) in [5.41, 5.74) is 0.897. The predicted octanol–water partition coefficient (Wildman–Crippen LogP) is 3.39. The summed E-state index contributed by atoms with van der Waals surface area (Å²) in [7, 11) is 0. The largest absolute Gasteiger partial charge is 0.434 e. The Kier molecular flexibility index (Phi) is 5.93. The van der Waals surface area contributed by atoms with E-state index in [1.165, 1.54) is 0 Å². The Morgan fingerprint density at radius 1 is 1.07 bits per heavy atom. The Labute approximate surface area is 162 Å². The van der Waals surface area contributed by atoms with Crippen LogP contribution in [0.5, 0.6) is 0 Å². The molecule has 1 spiro atoms. The van der Waals surface area contributed by atoms with E-state index in [2.05, 4.69) is 19.8 Å². The molecule has 0 aromatic carbocycles. The number of likely N-dealkylation sites (tertiary alicyclic amines) is 2. The van der Waals surface area contributed by atoms with Gasteiger partial charge in [-0.25, -0.2) is 4.79 Å². The summed E-state index contributed by atoms with van der Waals surface area (Å²) in [4.78, 5) is 15.0. The van der Waals surface area contributed by atoms with E-state index < -0.39 is 24.5 Å². The van der Waals surface area contributed by atoms with Crippen molar-refractivity contribution in [3.63, 3.8) is 0 Å². The second-order valence-electron chi connectivity index (χ2n) is 7.55. The summed E-state index contributed by atoms with van der Waals surface area (Å²) in [6.07, 6.45) is -12.0. The number of nitrogens with zero attached hydrogens (tertiary/aromatic N) is 4. The van der Waals surface area contributed by atoms with Crippen molar-refractivity contribution in [2.24, 2.45) is 5.41 Å². The number of carbonyl (C=O) groups is 1. The van der Waals surface area contributed by atoms with Crippen LogP contribution in [-0.4, -0.2) is 70.7 Å². The van der Waals surface area contributed by atoms with Gasteiger partial charge < -0.3 is 9.64 Å². The zero-order valence-corrected chi connectivity index (χ0v) is 15.3. The predicted molar refractivity (Wildman–Crippen MR) is 87.5 cm³/mol. The van der Waals surface area contributed by atoms with Gasteiger partial charge in [0.2, 0.25) is 0 Å². The lowest BCUT2D eigenvalue weighted by atomic mass is 9.78. The second-order valence-corrected chi connectivity index (χ2v) is 7.55. The number of hydrogen-bond donors (Lipinski definition) is 0. The number of halogens is 6. The van der Waals surface area contributed by atoms with Crippen LogP contribution in [0, 0.1) is 5.41 Å². The number of carbonyl (C=O) groups excluding carboxylic acids is 1. The molecule has 12 heteroatoms. The summed E-state index contributed by atoms with van der Waals surface area (Å²) in [6, 6.07) is 1.86. The fraction of sp³-hybridized carbons (Fsp3) is 0.706. The van der Waals surface area contributed by atoms with Gasteiger partial charge in [-0.15, -0.1) is 0 Å². The summed E-state index contributed by atoms with van der Waals surface area (Å²) >= 11 is 0. The van der Waals surface area contributed by atoms with Gasteiger partial charge in [-0.2, -0.15) is 36.5 Å². The molecule has 29 heavy (non-hydrogen) atoms. The molecule has 0 unspecified atom stereocenters. The fourth-order valence-electron chi connectivity index (χ4n) is 3.90. The minimum Gasteiger partial charge on any atom is -0.426 e. The van der Waals surface area contributed by atoms with Crippen LogP contribution in [0.25, 0.3) is 0 Å². The molecule has 0 N–H and O–H groups in total. The molecule has 162 valence electrons. The van der Waals surface area contributed by atoms with Crippen molar-refractivity contribution in [2.75, 3.05) is 26.2 Å². The Hall–Kier alpha value is -2.11. The van der Waals surface area contributed by atoms with E-state index in [1.54, 1.807) is 12.4 Å². The number of alkyl halides is 6. The molecule has 1 aromatic heterocycles. The van der Waals surface area contributed by atoms with Gasteiger partial charge in [0.1, 0.15) is 0 Å². The van der Waals surface area contributed by atoms with Gasteiger partial charge in [0, 0.05) is 32.4 Å². The standard InChI is InChI=1S/C17H20F6N4O2/c18-16(19,20)13(17(21,22)23)29-14(28)27-7-3-15(4-8-27)2-6-26(11-15)10-12-1-5-24-25-9-12/h1,5,9,13H,2-4,6-8,10-11H2. The van der Waals surface area contributed by atoms with Crippen molar-refractivity contribution in [1.29, 1.82) is 0 Å². The van der Waals surface area contributed by atoms with Crippen molar-refractivity contribution in [1.82, 2.24) is 20.0 Å². The van der Waals surface area contributed by atoms with Crippen molar-refractivity contribution in [3.05, 3.63) is 24.0 Å². The van der Waals surface area contributed by atoms with Crippen molar-refractivity contribution >= 4 is 6.09 Å². The maximum atomic E-state index is 12.6. The summed E-state index contributed by atoms with van der Waals surface area (Å²) < 4.78 is 79.2. The minimum absolute atomic E-state index is 0.0614. The lowest BCUT2D eigenvalue weighted by Crippen LogP contribution is -2.50. The third-order valence-electron chi connectivity index (χ3n) is 5.46. The summed E-state index contributed by atoms with van der Waals surface area (Å²) in [6.45, 7) is 2.36. The first kappa shape index (κ1) is 21.6. The Bertz CT molecular complexity index is 690. The first-order valence-corrected chi connectivity index (χ1v) is 9.05. The van der Waals surface area contributed by atoms with Crippen molar-refractivity contribution < 1.29 is 35.9 Å². The summed E-state index contributed by atoms with van der Waals surface area (Å²) in [5, 5.41) is 7.54. The van der Waals surface area contributed by atoms with Crippen LogP contribution in [-0.2, 0) is 11.3 Å². The van der Waals surface area contributed by atoms with Crippen molar-refractivity contribution in [2.45, 2.75) is 44.3 Å². The first-order chi connectivity index (χ1) is 13.5. The van der Waals surface area contributed by atoms with E-state index in [4.69, 9.17) is 0 Å². The van der Waals surface area contributed by atoms with E-state index in [-0.39, 0.29) is 18.5 Å². The lowest BCUT2D eigenvalue weighted by molar-refractivity contribution is -0.308. The van der Waals surface area contributed by atoms with Gasteiger partial charge in [-0.3, -0.25) is 4.90 Å². The second kappa shape index (κ2) is 7.96. The smallest absolute Gasteiger partial charge is 0.426 e. The third kappa shape index (κ3) is 5.28. The quantitative estimate of drug-likeness (QED) is 0.694. The van der Waals surface area contributed by atoms with Crippen LogP contribution in [0.1, 0.15) is 24.8 Å². The molecule has 2 aliphatic heterocycles. The molecular weight excluding hydrogens is 406 g/mol. The first-order valence-electron chi connectivity index (χ1n) is 9.05. The maximum absolute atomic E-state index is 12.6. The van der Waals surface area contributed by atoms with Gasteiger partial charge in [0.15, 0.2) is 0 Å². The monoisotopic (exact) mass is 426 g/mol. The SMILES string of the molecule is O=C(OC(C(F)(F)F)C(F)(F)F)N1CCC2(CCN(Cc3ccnnc3)C2)CC1. The molecule has 1 amide bonds. The lowest BCUT2D eigenvalue weighted by Gasteiger charge is -2.39. The average Bonchev–Trinajstić information content (AvgIpc) is 3.01. The van der Waals surface area contributed by atoms with Crippen LogP contribution >= 0.6 is 0 Å². The normalized spacial score (nSPS) is 20.4. The number of aromatic nitrogens is 2. The maximum Gasteiger partial charge on any atom is 0.434 e. The highest BCUT2D eigenvalue weighted by Gasteiger charge is 2.60. The molecule has 2 saturated heterocycles. The highest BCUT2D eigenvalue weighted by molar-refractivity contribution is 5.68. The van der Waals surface area contributed by atoms with Gasteiger partial charge in [0.05, 0.1) is 6.20 Å². The number of hydrogen-bond acceptors (Lipinski definition) is 5. The zero-order chi connectivity index (χ0) is 21.3. The molecule has 0 bridgehead atoms. The molecule has 0 radical (unpaired) electrons. The molecule has 2 aliphatic rings. The molecule has 3 heterocycles. The highest BCUT2D eigenvalue weighted by Crippen LogP contribution is 2.41. The number of rotatable bonds is 3. The van der Waals surface area contributed by atoms with Crippen LogP contribution in [0.2, 0.25) is 0 Å². The van der Waals surface area contributed by atoms with E-state index in [0.717, 1.165) is 30.0 Å². The van der Waals surface area contributed by atoms with Crippen LogP contribution in [0.4, 0.5) is 31.1 Å². The third-order valence-corrected chi connectivity index (χ3v) is 5.46. The van der Waals surface area contributed by atoms with E-state index in [0.29, 0.717) is 19.4 Å². The number of piperidine rings is 1. The zero-order valence-electron chi connectivity index (χ0n) is 15.3. The van der Waals surface area contributed by atoms with Crippen molar-refractivity contribution in [3.8, 4) is 0 Å².